The van der Waals surface area contributed by atoms with Crippen molar-refractivity contribution in [2.75, 3.05) is 18.4 Å². The van der Waals surface area contributed by atoms with E-state index in [0.29, 0.717) is 35.5 Å². The number of alkyl halides is 3. The van der Waals surface area contributed by atoms with Crippen LogP contribution < -0.4 is 10.6 Å². The van der Waals surface area contributed by atoms with Crippen molar-refractivity contribution in [2.24, 2.45) is 9.98 Å². The predicted octanol–water partition coefficient (Wildman–Crippen LogP) is 5.85. The maximum atomic E-state index is 13.8. The summed E-state index contributed by atoms with van der Waals surface area (Å²) >= 11 is 0. The van der Waals surface area contributed by atoms with Crippen LogP contribution in [0, 0.1) is 0 Å². The SMILES string of the molecule is C=C(NCC1=NC(c2cc3c(NC4CCn5ccnc5C4)cccc3n2CC(F)(F)F)=NC1)c1ccn(C(C)(C)C)c1. The van der Waals surface area contributed by atoms with E-state index in [1.165, 1.54) is 4.57 Å². The van der Waals surface area contributed by atoms with Gasteiger partial charge in [0.25, 0.3) is 0 Å². The molecule has 1 aromatic carbocycles. The summed E-state index contributed by atoms with van der Waals surface area (Å²) < 4.78 is 46.9. The molecular weight excluding hydrogens is 541 g/mol. The minimum absolute atomic E-state index is 0.0408. The molecule has 0 saturated carbocycles. The van der Waals surface area contributed by atoms with Gasteiger partial charge in [0, 0.05) is 71.7 Å². The van der Waals surface area contributed by atoms with E-state index in [9.17, 15) is 13.2 Å². The molecule has 8 nitrogen and oxygen atoms in total. The minimum atomic E-state index is -4.40. The molecule has 0 aliphatic carbocycles. The van der Waals surface area contributed by atoms with E-state index in [1.807, 2.05) is 30.7 Å². The van der Waals surface area contributed by atoms with Crippen molar-refractivity contribution in [3.8, 4) is 0 Å². The second-order valence-electron chi connectivity index (χ2n) is 12.0. The Hall–Kier alpha value is -4.28. The van der Waals surface area contributed by atoms with Crippen LogP contribution in [0.15, 0.2) is 71.7 Å². The van der Waals surface area contributed by atoms with Gasteiger partial charge in [0.05, 0.1) is 30.0 Å². The van der Waals surface area contributed by atoms with E-state index in [-0.39, 0.29) is 11.6 Å². The van der Waals surface area contributed by atoms with Crippen LogP contribution in [0.4, 0.5) is 18.9 Å². The van der Waals surface area contributed by atoms with Crippen molar-refractivity contribution in [3.05, 3.63) is 78.8 Å². The van der Waals surface area contributed by atoms with Gasteiger partial charge >= 0.3 is 6.18 Å². The Morgan fingerprint density at radius 2 is 1.98 bits per heavy atom. The number of fused-ring (bicyclic) bond motifs is 2. The number of aliphatic imine (C=N–C) groups is 2. The molecule has 3 aromatic heterocycles. The summed E-state index contributed by atoms with van der Waals surface area (Å²) in [4.78, 5) is 13.6. The number of halogens is 3. The Kier molecular flexibility index (Phi) is 6.98. The van der Waals surface area contributed by atoms with Crippen LogP contribution in [0.3, 0.4) is 0 Å². The van der Waals surface area contributed by atoms with Crippen LogP contribution in [0.2, 0.25) is 0 Å². The molecule has 11 heteroatoms. The second kappa shape index (κ2) is 10.5. The van der Waals surface area contributed by atoms with Gasteiger partial charge in [-0.15, -0.1) is 0 Å². The first kappa shape index (κ1) is 27.9. The lowest BCUT2D eigenvalue weighted by Crippen LogP contribution is -2.30. The lowest BCUT2D eigenvalue weighted by molar-refractivity contribution is -0.139. The molecule has 0 amide bonds. The molecule has 220 valence electrons. The Balaban J connectivity index is 1.23. The van der Waals surface area contributed by atoms with Crippen molar-refractivity contribution >= 4 is 33.8 Å². The first-order valence-electron chi connectivity index (χ1n) is 14.1. The average molecular weight is 577 g/mol. The van der Waals surface area contributed by atoms with E-state index < -0.39 is 12.7 Å². The number of hydrogen-bond donors (Lipinski definition) is 2. The summed E-state index contributed by atoms with van der Waals surface area (Å²) in [6.45, 7) is 11.0. The van der Waals surface area contributed by atoms with Crippen LogP contribution in [-0.2, 0) is 25.0 Å². The van der Waals surface area contributed by atoms with E-state index in [2.05, 4.69) is 62.1 Å². The summed E-state index contributed by atoms with van der Waals surface area (Å²) in [6, 6.07) is 9.34. The molecule has 2 aliphatic rings. The van der Waals surface area contributed by atoms with Crippen LogP contribution >= 0.6 is 0 Å². The smallest absolute Gasteiger partial charge is 0.381 e. The number of rotatable bonds is 8. The summed E-state index contributed by atoms with van der Waals surface area (Å²) in [5.74, 6) is 1.31. The lowest BCUT2D eigenvalue weighted by atomic mass is 10.1. The molecule has 0 radical (unpaired) electrons. The van der Waals surface area contributed by atoms with Gasteiger partial charge in [-0.05, 0) is 51.5 Å². The number of nitrogens with one attached hydrogen (secondary N) is 2. The molecule has 6 rings (SSSR count). The number of nitrogens with zero attached hydrogens (tertiary/aromatic N) is 6. The third kappa shape index (κ3) is 5.73. The van der Waals surface area contributed by atoms with Gasteiger partial charge in [-0.25, -0.2) is 9.98 Å². The third-order valence-electron chi connectivity index (χ3n) is 7.82. The number of amidine groups is 1. The van der Waals surface area contributed by atoms with Gasteiger partial charge in [0.1, 0.15) is 12.4 Å². The number of anilines is 1. The summed E-state index contributed by atoms with van der Waals surface area (Å²) in [5, 5.41) is 7.59. The zero-order chi connectivity index (χ0) is 29.6. The van der Waals surface area contributed by atoms with E-state index in [0.717, 1.165) is 47.9 Å². The number of benzene rings is 1. The maximum Gasteiger partial charge on any atom is 0.406 e. The quantitative estimate of drug-likeness (QED) is 0.277. The Bertz CT molecular complexity index is 1690. The highest BCUT2D eigenvalue weighted by atomic mass is 19.4. The first-order valence-corrected chi connectivity index (χ1v) is 14.1. The molecule has 0 fully saturated rings. The van der Waals surface area contributed by atoms with Gasteiger partial charge < -0.3 is 24.3 Å². The van der Waals surface area contributed by atoms with E-state index in [1.54, 1.807) is 24.4 Å². The standard InChI is InChI=1S/C31H35F3N8/c1-20(21-8-12-41(18-21)30(2,3)4)36-16-23-17-37-29(39-23)27-15-24-25(6-5-7-26(24)42(27)19-31(32,33)34)38-22-9-11-40-13-10-35-28(40)14-22/h5-8,10,12-13,15,18,22,36,38H,1,9,11,14,16-17,19H2,2-4H3. The highest BCUT2D eigenvalue weighted by Gasteiger charge is 2.32. The van der Waals surface area contributed by atoms with Gasteiger partial charge in [-0.3, -0.25) is 4.99 Å². The highest BCUT2D eigenvalue weighted by molar-refractivity contribution is 6.14. The fourth-order valence-electron chi connectivity index (χ4n) is 5.56. The van der Waals surface area contributed by atoms with Crippen LogP contribution in [0.25, 0.3) is 16.6 Å². The third-order valence-corrected chi connectivity index (χ3v) is 7.82. The van der Waals surface area contributed by atoms with Crippen molar-refractivity contribution in [1.82, 2.24) is 24.0 Å². The van der Waals surface area contributed by atoms with Crippen LogP contribution in [0.5, 0.6) is 0 Å². The second-order valence-corrected chi connectivity index (χ2v) is 12.0. The van der Waals surface area contributed by atoms with Gasteiger partial charge in [-0.1, -0.05) is 12.6 Å². The summed E-state index contributed by atoms with van der Waals surface area (Å²) in [6.07, 6.45) is 5.07. The molecule has 0 spiro atoms. The first-order chi connectivity index (χ1) is 19.9. The topological polar surface area (TPSA) is 76.5 Å². The van der Waals surface area contributed by atoms with Crippen molar-refractivity contribution in [2.45, 2.75) is 64.5 Å². The molecule has 4 aromatic rings. The molecule has 42 heavy (non-hydrogen) atoms. The Morgan fingerprint density at radius 3 is 2.74 bits per heavy atom. The number of aryl methyl sites for hydroxylation is 1. The zero-order valence-corrected chi connectivity index (χ0v) is 24.0. The molecule has 0 saturated heterocycles. The average Bonchev–Trinajstić information content (AvgIpc) is 3.72. The lowest BCUT2D eigenvalue weighted by Gasteiger charge is -2.25. The van der Waals surface area contributed by atoms with Gasteiger partial charge in [0.15, 0.2) is 5.84 Å². The molecule has 0 bridgehead atoms. The normalized spacial score (nSPS) is 17.2. The fourth-order valence-corrected chi connectivity index (χ4v) is 5.56. The highest BCUT2D eigenvalue weighted by Crippen LogP contribution is 2.32. The van der Waals surface area contributed by atoms with Crippen LogP contribution in [0.1, 0.15) is 44.3 Å². The number of hydrogen-bond acceptors (Lipinski definition) is 5. The molecule has 2 N–H and O–H groups in total. The van der Waals surface area contributed by atoms with Gasteiger partial charge in [0.2, 0.25) is 0 Å². The minimum Gasteiger partial charge on any atom is -0.381 e. The predicted molar refractivity (Wildman–Crippen MR) is 161 cm³/mol. The van der Waals surface area contributed by atoms with E-state index in [4.69, 9.17) is 0 Å². The van der Waals surface area contributed by atoms with Crippen molar-refractivity contribution < 1.29 is 13.2 Å². The summed E-state index contributed by atoms with van der Waals surface area (Å²) in [5.41, 5.74) is 4.06. The maximum absolute atomic E-state index is 13.8. The van der Waals surface area contributed by atoms with Crippen LogP contribution in [-0.4, -0.2) is 55.5 Å². The van der Waals surface area contributed by atoms with Crippen molar-refractivity contribution in [3.63, 3.8) is 0 Å². The van der Waals surface area contributed by atoms with Gasteiger partial charge in [-0.2, -0.15) is 13.2 Å². The number of imidazole rings is 1. The largest absolute Gasteiger partial charge is 0.406 e. The monoisotopic (exact) mass is 576 g/mol. The number of aromatic nitrogens is 4. The molecule has 1 atom stereocenters. The molecular formula is C31H35F3N8. The van der Waals surface area contributed by atoms with E-state index >= 15 is 0 Å². The molecule has 1 unspecified atom stereocenters. The Morgan fingerprint density at radius 1 is 1.14 bits per heavy atom. The fraction of sp³-hybridized carbons (Fsp3) is 0.387. The zero-order valence-electron chi connectivity index (χ0n) is 24.0. The molecule has 5 heterocycles. The summed E-state index contributed by atoms with van der Waals surface area (Å²) in [7, 11) is 0. The Labute approximate surface area is 242 Å². The van der Waals surface area contributed by atoms with Crippen molar-refractivity contribution in [1.29, 1.82) is 0 Å². The molecule has 2 aliphatic heterocycles.